The first-order valence-electron chi connectivity index (χ1n) is 6.87. The summed E-state index contributed by atoms with van der Waals surface area (Å²) in [6.45, 7) is 3.66. The van der Waals surface area contributed by atoms with Crippen LogP contribution in [-0.2, 0) is 4.79 Å². The van der Waals surface area contributed by atoms with E-state index in [1.165, 1.54) is 0 Å². The fourth-order valence-electron chi connectivity index (χ4n) is 1.95. The third kappa shape index (κ3) is 4.24. The highest BCUT2D eigenvalue weighted by atomic mass is 79.9. The molecule has 0 bridgehead atoms. The summed E-state index contributed by atoms with van der Waals surface area (Å²) in [4.78, 5) is 12.3. The average molecular weight is 364 g/mol. The largest absolute Gasteiger partial charge is 0.495 e. The number of nitrogens with one attached hydrogen (secondary N) is 1. The first-order chi connectivity index (χ1) is 10.5. The molecule has 4 nitrogen and oxygen atoms in total. The maximum Gasteiger partial charge on any atom is 0.265 e. The predicted molar refractivity (Wildman–Crippen MR) is 90.6 cm³/mol. The number of carbonyl (C=O) groups is 1. The standard InChI is InChI=1S/C17H18BrNO3/c1-11-7-8-16(21-3)15(9-11)19-17(20)12(2)22-14-6-4-5-13(18)10-14/h4-10,12H,1-3H3,(H,19,20). The molecular formula is C17H18BrNO3. The number of carbonyl (C=O) groups excluding carboxylic acids is 1. The molecule has 2 aromatic rings. The maximum absolute atomic E-state index is 12.3. The molecule has 5 heteroatoms. The molecule has 0 aliphatic heterocycles. The summed E-state index contributed by atoms with van der Waals surface area (Å²) >= 11 is 3.37. The van der Waals surface area contributed by atoms with Crippen LogP contribution >= 0.6 is 15.9 Å². The van der Waals surface area contributed by atoms with Crippen molar-refractivity contribution in [2.45, 2.75) is 20.0 Å². The lowest BCUT2D eigenvalue weighted by molar-refractivity contribution is -0.122. The van der Waals surface area contributed by atoms with Crippen LogP contribution in [0, 0.1) is 6.92 Å². The van der Waals surface area contributed by atoms with Gasteiger partial charge in [-0.3, -0.25) is 4.79 Å². The van der Waals surface area contributed by atoms with Gasteiger partial charge in [0.25, 0.3) is 5.91 Å². The van der Waals surface area contributed by atoms with Crippen LogP contribution in [0.25, 0.3) is 0 Å². The monoisotopic (exact) mass is 363 g/mol. The van der Waals surface area contributed by atoms with E-state index in [2.05, 4.69) is 21.2 Å². The van der Waals surface area contributed by atoms with Crippen LogP contribution < -0.4 is 14.8 Å². The quantitative estimate of drug-likeness (QED) is 0.866. The van der Waals surface area contributed by atoms with Crippen molar-refractivity contribution in [3.8, 4) is 11.5 Å². The molecule has 0 saturated heterocycles. The van der Waals surface area contributed by atoms with Crippen LogP contribution in [0.2, 0.25) is 0 Å². The Morgan fingerprint density at radius 3 is 2.68 bits per heavy atom. The van der Waals surface area contributed by atoms with E-state index in [4.69, 9.17) is 9.47 Å². The van der Waals surface area contributed by atoms with Crippen LogP contribution in [0.3, 0.4) is 0 Å². The second-order valence-corrected chi connectivity index (χ2v) is 5.83. The van der Waals surface area contributed by atoms with E-state index < -0.39 is 6.10 Å². The van der Waals surface area contributed by atoms with Crippen LogP contribution in [0.15, 0.2) is 46.9 Å². The number of benzene rings is 2. The van der Waals surface area contributed by atoms with Gasteiger partial charge in [0.2, 0.25) is 0 Å². The summed E-state index contributed by atoms with van der Waals surface area (Å²) < 4.78 is 11.8. The Balaban J connectivity index is 2.07. The fourth-order valence-corrected chi connectivity index (χ4v) is 2.33. The Morgan fingerprint density at radius 2 is 2.00 bits per heavy atom. The molecule has 1 atom stereocenters. The molecule has 0 aliphatic rings. The van der Waals surface area contributed by atoms with Gasteiger partial charge in [-0.2, -0.15) is 0 Å². The molecule has 0 fully saturated rings. The lowest BCUT2D eigenvalue weighted by atomic mass is 10.2. The number of ether oxygens (including phenoxy) is 2. The molecule has 2 aromatic carbocycles. The Bertz CT molecular complexity index is 673. The molecule has 1 N–H and O–H groups in total. The van der Waals surface area contributed by atoms with Crippen LogP contribution in [0.5, 0.6) is 11.5 Å². The summed E-state index contributed by atoms with van der Waals surface area (Å²) in [7, 11) is 1.57. The van der Waals surface area contributed by atoms with Crippen LogP contribution in [-0.4, -0.2) is 19.1 Å². The third-order valence-corrected chi connectivity index (χ3v) is 3.58. The van der Waals surface area contributed by atoms with E-state index in [9.17, 15) is 4.79 Å². The summed E-state index contributed by atoms with van der Waals surface area (Å²) in [6, 6.07) is 13.0. The Hall–Kier alpha value is -2.01. The molecular weight excluding hydrogens is 346 g/mol. The minimum atomic E-state index is -0.625. The number of hydrogen-bond donors (Lipinski definition) is 1. The van der Waals surface area contributed by atoms with Gasteiger partial charge in [0.1, 0.15) is 11.5 Å². The van der Waals surface area contributed by atoms with E-state index in [0.717, 1.165) is 10.0 Å². The molecule has 0 radical (unpaired) electrons. The highest BCUT2D eigenvalue weighted by Crippen LogP contribution is 2.26. The number of methoxy groups -OCH3 is 1. The van der Waals surface area contributed by atoms with Crippen molar-refractivity contribution >= 4 is 27.5 Å². The fraction of sp³-hybridized carbons (Fsp3) is 0.235. The molecule has 0 spiro atoms. The Morgan fingerprint density at radius 1 is 1.23 bits per heavy atom. The smallest absolute Gasteiger partial charge is 0.265 e. The minimum absolute atomic E-state index is 0.233. The molecule has 1 amide bonds. The average Bonchev–Trinajstić information content (AvgIpc) is 2.47. The van der Waals surface area contributed by atoms with Gasteiger partial charge in [0.15, 0.2) is 6.10 Å². The van der Waals surface area contributed by atoms with Gasteiger partial charge in [-0.15, -0.1) is 0 Å². The van der Waals surface area contributed by atoms with Crippen molar-refractivity contribution in [2.75, 3.05) is 12.4 Å². The molecule has 0 aromatic heterocycles. The Kier molecular flexibility index (Phi) is 5.44. The zero-order valence-electron chi connectivity index (χ0n) is 12.7. The number of halogens is 1. The molecule has 22 heavy (non-hydrogen) atoms. The van der Waals surface area contributed by atoms with Crippen molar-refractivity contribution in [2.24, 2.45) is 0 Å². The molecule has 2 rings (SSSR count). The van der Waals surface area contributed by atoms with E-state index in [1.807, 2.05) is 49.4 Å². The van der Waals surface area contributed by atoms with E-state index in [-0.39, 0.29) is 5.91 Å². The second kappa shape index (κ2) is 7.31. The summed E-state index contributed by atoms with van der Waals surface area (Å²) in [5.41, 5.74) is 1.67. The summed E-state index contributed by atoms with van der Waals surface area (Å²) in [5, 5.41) is 2.84. The first-order valence-corrected chi connectivity index (χ1v) is 7.66. The van der Waals surface area contributed by atoms with Gasteiger partial charge >= 0.3 is 0 Å². The first kappa shape index (κ1) is 16.4. The van der Waals surface area contributed by atoms with Crippen molar-refractivity contribution < 1.29 is 14.3 Å². The van der Waals surface area contributed by atoms with Crippen molar-refractivity contribution in [3.63, 3.8) is 0 Å². The predicted octanol–water partition coefficient (Wildman–Crippen LogP) is 4.17. The van der Waals surface area contributed by atoms with Gasteiger partial charge in [0.05, 0.1) is 12.8 Å². The van der Waals surface area contributed by atoms with Crippen molar-refractivity contribution in [3.05, 3.63) is 52.5 Å². The topological polar surface area (TPSA) is 47.6 Å². The van der Waals surface area contributed by atoms with Gasteiger partial charge in [-0.05, 0) is 49.7 Å². The maximum atomic E-state index is 12.3. The number of rotatable bonds is 5. The van der Waals surface area contributed by atoms with E-state index in [1.54, 1.807) is 14.0 Å². The molecule has 1 unspecified atom stereocenters. The number of anilines is 1. The third-order valence-electron chi connectivity index (χ3n) is 3.09. The zero-order valence-corrected chi connectivity index (χ0v) is 14.3. The lowest BCUT2D eigenvalue weighted by Gasteiger charge is -2.16. The minimum Gasteiger partial charge on any atom is -0.495 e. The highest BCUT2D eigenvalue weighted by molar-refractivity contribution is 9.10. The molecule has 0 aliphatic carbocycles. The second-order valence-electron chi connectivity index (χ2n) is 4.91. The van der Waals surface area contributed by atoms with Gasteiger partial charge < -0.3 is 14.8 Å². The number of hydrogen-bond acceptors (Lipinski definition) is 3. The van der Waals surface area contributed by atoms with E-state index >= 15 is 0 Å². The highest BCUT2D eigenvalue weighted by Gasteiger charge is 2.17. The van der Waals surface area contributed by atoms with Crippen LogP contribution in [0.1, 0.15) is 12.5 Å². The Labute approximate surface area is 138 Å². The normalized spacial score (nSPS) is 11.6. The SMILES string of the molecule is COc1ccc(C)cc1NC(=O)C(C)Oc1cccc(Br)c1. The number of aryl methyl sites for hydroxylation is 1. The van der Waals surface area contributed by atoms with Gasteiger partial charge in [0, 0.05) is 4.47 Å². The molecule has 116 valence electrons. The summed E-state index contributed by atoms with van der Waals surface area (Å²) in [5.74, 6) is 1.02. The summed E-state index contributed by atoms with van der Waals surface area (Å²) in [6.07, 6.45) is -0.625. The molecule has 0 saturated carbocycles. The van der Waals surface area contributed by atoms with Crippen LogP contribution in [0.4, 0.5) is 5.69 Å². The van der Waals surface area contributed by atoms with Crippen molar-refractivity contribution in [1.29, 1.82) is 0 Å². The zero-order chi connectivity index (χ0) is 16.1. The van der Waals surface area contributed by atoms with E-state index in [0.29, 0.717) is 17.2 Å². The van der Waals surface area contributed by atoms with Gasteiger partial charge in [-0.1, -0.05) is 28.1 Å². The number of amides is 1. The van der Waals surface area contributed by atoms with Gasteiger partial charge in [-0.25, -0.2) is 0 Å². The van der Waals surface area contributed by atoms with Crippen molar-refractivity contribution in [1.82, 2.24) is 0 Å². The lowest BCUT2D eigenvalue weighted by Crippen LogP contribution is -2.30. The molecule has 0 heterocycles.